The van der Waals surface area contributed by atoms with Crippen LogP contribution in [0.5, 0.6) is 0 Å². The average molecular weight is 303 g/mol. The van der Waals surface area contributed by atoms with E-state index in [1.165, 1.54) is 0 Å². The van der Waals surface area contributed by atoms with Gasteiger partial charge in [-0.05, 0) is 30.8 Å². The van der Waals surface area contributed by atoms with Crippen LogP contribution in [0.15, 0.2) is 0 Å². The van der Waals surface area contributed by atoms with Crippen LogP contribution < -0.4 is 5.73 Å². The van der Waals surface area contributed by atoms with E-state index in [-0.39, 0.29) is 23.4 Å². The molecule has 6 heteroatoms. The molecule has 5 nitrogen and oxygen atoms in total. The Kier molecular flexibility index (Phi) is 9.50. The minimum absolute atomic E-state index is 0.0208. The number of thioether (sulfide) groups is 1. The fourth-order valence-corrected chi connectivity index (χ4v) is 2.22. The van der Waals surface area contributed by atoms with Gasteiger partial charge in [-0.1, -0.05) is 13.8 Å². The number of rotatable bonds is 6. The van der Waals surface area contributed by atoms with Crippen molar-refractivity contribution >= 4 is 29.3 Å². The highest BCUT2D eigenvalue weighted by Crippen LogP contribution is 2.23. The highest BCUT2D eigenvalue weighted by molar-refractivity contribution is 7.98. The molecule has 0 spiro atoms. The second-order valence-electron chi connectivity index (χ2n) is 5.23. The van der Waals surface area contributed by atoms with Crippen LogP contribution in [0.3, 0.4) is 0 Å². The standard InChI is InChI=1S/C9H14O2S.C5H11NO2/c1-12-6-5-9(11)7-3-2-4-8(7)10;1-3(2)4(6)5(7)8/h7H,2-6H2,1H3;3-4H,6H2,1-2H3,(H,7,8)/t;4-/m.0/s1. The van der Waals surface area contributed by atoms with Crippen LogP contribution in [0.25, 0.3) is 0 Å². The second kappa shape index (κ2) is 9.94. The van der Waals surface area contributed by atoms with E-state index in [1.54, 1.807) is 25.6 Å². The smallest absolute Gasteiger partial charge is 0.320 e. The summed E-state index contributed by atoms with van der Waals surface area (Å²) >= 11 is 1.66. The average Bonchev–Trinajstić information content (AvgIpc) is 2.81. The summed E-state index contributed by atoms with van der Waals surface area (Å²) in [6.45, 7) is 3.55. The van der Waals surface area contributed by atoms with Crippen molar-refractivity contribution in [3.8, 4) is 0 Å². The summed E-state index contributed by atoms with van der Waals surface area (Å²) in [5, 5.41) is 8.23. The number of carboxylic acids is 1. The first-order valence-electron chi connectivity index (χ1n) is 6.84. The molecule has 116 valence electrons. The molecule has 1 aliphatic carbocycles. The predicted octanol–water partition coefficient (Wildman–Crippen LogP) is 1.73. The number of ketones is 2. The normalized spacial score (nSPS) is 19.4. The molecule has 0 saturated heterocycles. The molecule has 1 unspecified atom stereocenters. The van der Waals surface area contributed by atoms with Gasteiger partial charge in [0.1, 0.15) is 17.6 Å². The maximum atomic E-state index is 11.4. The van der Waals surface area contributed by atoms with Crippen LogP contribution in [0, 0.1) is 11.8 Å². The molecule has 3 N–H and O–H groups in total. The van der Waals surface area contributed by atoms with Crippen molar-refractivity contribution in [2.24, 2.45) is 17.6 Å². The predicted molar refractivity (Wildman–Crippen MR) is 80.8 cm³/mol. The highest BCUT2D eigenvalue weighted by atomic mass is 32.2. The number of Topliss-reactive ketones (excluding diaryl/α,β-unsaturated/α-hetero) is 2. The lowest BCUT2D eigenvalue weighted by Gasteiger charge is -2.07. The van der Waals surface area contributed by atoms with E-state index in [2.05, 4.69) is 0 Å². The van der Waals surface area contributed by atoms with Crippen LogP contribution in [0.1, 0.15) is 39.5 Å². The Morgan fingerprint density at radius 2 is 2.05 bits per heavy atom. The molecule has 0 radical (unpaired) electrons. The molecule has 0 amide bonds. The quantitative estimate of drug-likeness (QED) is 0.725. The number of hydrogen-bond donors (Lipinski definition) is 2. The van der Waals surface area contributed by atoms with Crippen LogP contribution in [0.2, 0.25) is 0 Å². The van der Waals surface area contributed by atoms with Crippen molar-refractivity contribution in [1.82, 2.24) is 0 Å². The molecule has 0 aromatic carbocycles. The molecular formula is C14H25NO4S. The fourth-order valence-electron chi connectivity index (χ4n) is 1.82. The lowest BCUT2D eigenvalue weighted by Crippen LogP contribution is -2.34. The monoisotopic (exact) mass is 303 g/mol. The van der Waals surface area contributed by atoms with Crippen LogP contribution in [0.4, 0.5) is 0 Å². The summed E-state index contributed by atoms with van der Waals surface area (Å²) in [5.74, 6) is 0.0282. The Labute approximate surface area is 124 Å². The third kappa shape index (κ3) is 7.05. The Hall–Kier alpha value is -0.880. The summed E-state index contributed by atoms with van der Waals surface area (Å²) in [6.07, 6.45) is 4.87. The Morgan fingerprint density at radius 1 is 1.45 bits per heavy atom. The molecule has 1 fully saturated rings. The Bertz CT molecular complexity index is 344. The van der Waals surface area contributed by atoms with Crippen molar-refractivity contribution in [1.29, 1.82) is 0 Å². The number of carboxylic acid groups (broad SMARTS) is 1. The maximum absolute atomic E-state index is 11.4. The molecule has 20 heavy (non-hydrogen) atoms. The fraction of sp³-hybridized carbons (Fsp3) is 0.786. The van der Waals surface area contributed by atoms with Crippen molar-refractivity contribution in [3.63, 3.8) is 0 Å². The highest BCUT2D eigenvalue weighted by Gasteiger charge is 2.29. The van der Waals surface area contributed by atoms with Gasteiger partial charge in [0, 0.05) is 12.8 Å². The molecule has 1 saturated carbocycles. The first-order valence-corrected chi connectivity index (χ1v) is 8.23. The van der Waals surface area contributed by atoms with Crippen molar-refractivity contribution < 1.29 is 19.5 Å². The second-order valence-corrected chi connectivity index (χ2v) is 6.21. The topological polar surface area (TPSA) is 97.5 Å². The number of nitrogens with two attached hydrogens (primary N) is 1. The lowest BCUT2D eigenvalue weighted by molar-refractivity contribution is -0.139. The Balaban J connectivity index is 0.000000396. The molecular weight excluding hydrogens is 278 g/mol. The first-order chi connectivity index (χ1) is 9.31. The lowest BCUT2D eigenvalue weighted by atomic mass is 10.00. The summed E-state index contributed by atoms with van der Waals surface area (Å²) in [4.78, 5) is 32.5. The molecule has 0 aromatic heterocycles. The van der Waals surface area contributed by atoms with Gasteiger partial charge in [-0.3, -0.25) is 14.4 Å². The third-order valence-corrected chi connectivity index (χ3v) is 3.86. The zero-order valence-corrected chi connectivity index (χ0v) is 13.2. The van der Waals surface area contributed by atoms with Gasteiger partial charge in [0.25, 0.3) is 0 Å². The third-order valence-electron chi connectivity index (χ3n) is 3.25. The molecule has 0 aliphatic heterocycles. The van der Waals surface area contributed by atoms with Crippen molar-refractivity contribution in [2.75, 3.05) is 12.0 Å². The van der Waals surface area contributed by atoms with Gasteiger partial charge in [0.2, 0.25) is 0 Å². The number of carbonyl (C=O) groups is 3. The van der Waals surface area contributed by atoms with E-state index < -0.39 is 12.0 Å². The van der Waals surface area contributed by atoms with Crippen LogP contribution >= 0.6 is 11.8 Å². The summed E-state index contributed by atoms with van der Waals surface area (Å²) in [7, 11) is 0. The zero-order valence-electron chi connectivity index (χ0n) is 12.4. The molecule has 1 rings (SSSR count). The van der Waals surface area contributed by atoms with E-state index in [0.717, 1.165) is 18.6 Å². The van der Waals surface area contributed by atoms with Gasteiger partial charge in [-0.25, -0.2) is 0 Å². The zero-order chi connectivity index (χ0) is 15.7. The van der Waals surface area contributed by atoms with E-state index in [9.17, 15) is 14.4 Å². The number of hydrogen-bond acceptors (Lipinski definition) is 5. The molecule has 0 heterocycles. The van der Waals surface area contributed by atoms with Gasteiger partial charge in [0.05, 0.1) is 5.92 Å². The minimum Gasteiger partial charge on any atom is -0.480 e. The molecule has 2 atom stereocenters. The van der Waals surface area contributed by atoms with Crippen LogP contribution in [-0.2, 0) is 14.4 Å². The molecule has 1 aliphatic rings. The van der Waals surface area contributed by atoms with Crippen LogP contribution in [-0.4, -0.2) is 40.7 Å². The summed E-state index contributed by atoms with van der Waals surface area (Å²) < 4.78 is 0. The van der Waals surface area contributed by atoms with E-state index in [4.69, 9.17) is 10.8 Å². The largest absolute Gasteiger partial charge is 0.480 e. The van der Waals surface area contributed by atoms with Gasteiger partial charge in [-0.15, -0.1) is 0 Å². The van der Waals surface area contributed by atoms with E-state index in [0.29, 0.717) is 12.8 Å². The van der Waals surface area contributed by atoms with Gasteiger partial charge < -0.3 is 10.8 Å². The van der Waals surface area contributed by atoms with Crippen molar-refractivity contribution in [2.45, 2.75) is 45.6 Å². The maximum Gasteiger partial charge on any atom is 0.320 e. The minimum atomic E-state index is -0.931. The molecule has 0 bridgehead atoms. The number of aliphatic carboxylic acids is 1. The van der Waals surface area contributed by atoms with Gasteiger partial charge in [0.15, 0.2) is 0 Å². The summed E-state index contributed by atoms with van der Waals surface area (Å²) in [6, 6.07) is -0.713. The number of carbonyl (C=O) groups excluding carboxylic acids is 2. The first kappa shape index (κ1) is 19.1. The SMILES string of the molecule is CC(C)[C@H](N)C(=O)O.CSCCC(=O)C1CCCC1=O. The van der Waals surface area contributed by atoms with Gasteiger partial charge in [-0.2, -0.15) is 11.8 Å². The summed E-state index contributed by atoms with van der Waals surface area (Å²) in [5.41, 5.74) is 5.16. The van der Waals surface area contributed by atoms with Gasteiger partial charge >= 0.3 is 5.97 Å². The van der Waals surface area contributed by atoms with E-state index >= 15 is 0 Å². The molecule has 0 aromatic rings. The van der Waals surface area contributed by atoms with Crippen molar-refractivity contribution in [3.05, 3.63) is 0 Å². The van der Waals surface area contributed by atoms with E-state index in [1.807, 2.05) is 6.26 Å². The Morgan fingerprint density at radius 3 is 2.35 bits per heavy atom.